The molecule has 5 rings (SSSR count). The monoisotopic (exact) mass is 548 g/mol. The molecule has 2 aromatic heterocycles. The quantitative estimate of drug-likeness (QED) is 0.402. The maximum Gasteiger partial charge on any atom is 0.225 e. The van der Waals surface area contributed by atoms with Crippen LogP contribution in [0.3, 0.4) is 0 Å². The average molecular weight is 549 g/mol. The molecular weight excluding hydrogens is 512 g/mol. The lowest BCUT2D eigenvalue weighted by Crippen LogP contribution is -2.32. The number of nitrogens with one attached hydrogen (secondary N) is 2. The molecular formula is C29H36N6O3S. The highest BCUT2D eigenvalue weighted by Crippen LogP contribution is 2.42. The number of amides is 2. The molecule has 0 radical (unpaired) electrons. The third-order valence-electron chi connectivity index (χ3n) is 6.99. The van der Waals surface area contributed by atoms with Gasteiger partial charge < -0.3 is 20.3 Å². The van der Waals surface area contributed by atoms with Crippen LogP contribution >= 0.6 is 11.3 Å². The van der Waals surface area contributed by atoms with Crippen LogP contribution in [0, 0.1) is 11.3 Å². The zero-order valence-electron chi connectivity index (χ0n) is 23.3. The van der Waals surface area contributed by atoms with Crippen LogP contribution in [0.4, 0.5) is 11.5 Å². The molecule has 0 saturated heterocycles. The van der Waals surface area contributed by atoms with Gasteiger partial charge in [-0.25, -0.2) is 9.97 Å². The number of ether oxygens (including phenoxy) is 1. The molecule has 3 heterocycles. The van der Waals surface area contributed by atoms with Gasteiger partial charge in [0.05, 0.1) is 24.2 Å². The van der Waals surface area contributed by atoms with Crippen LogP contribution in [0.25, 0.3) is 10.2 Å². The van der Waals surface area contributed by atoms with Crippen molar-refractivity contribution in [2.75, 3.05) is 32.6 Å². The summed E-state index contributed by atoms with van der Waals surface area (Å²) in [6.07, 6.45) is 6.28. The number of hydrogen-bond acceptors (Lipinski definition) is 8. The molecule has 0 bridgehead atoms. The normalized spacial score (nSPS) is 16.1. The summed E-state index contributed by atoms with van der Waals surface area (Å²) in [5, 5.41) is 7.49. The second-order valence-electron chi connectivity index (χ2n) is 11.7. The number of carbonyl (C=O) groups excluding carboxylic acids is 2. The maximum absolute atomic E-state index is 12.6. The van der Waals surface area contributed by atoms with Gasteiger partial charge in [0.15, 0.2) is 0 Å². The molecule has 0 unspecified atom stereocenters. The molecule has 2 amide bonds. The van der Waals surface area contributed by atoms with E-state index in [4.69, 9.17) is 4.74 Å². The molecule has 10 heteroatoms. The van der Waals surface area contributed by atoms with Crippen LogP contribution in [-0.4, -0.2) is 60.1 Å². The van der Waals surface area contributed by atoms with Crippen molar-refractivity contribution in [2.24, 2.45) is 16.3 Å². The maximum atomic E-state index is 12.6. The van der Waals surface area contributed by atoms with Crippen molar-refractivity contribution in [1.29, 1.82) is 0 Å². The minimum absolute atomic E-state index is 0.00446. The first-order valence-corrected chi connectivity index (χ1v) is 14.2. The number of nitrogens with zero attached hydrogens (tertiary/aromatic N) is 4. The van der Waals surface area contributed by atoms with Crippen molar-refractivity contribution in [1.82, 2.24) is 20.2 Å². The highest BCUT2D eigenvalue weighted by molar-refractivity contribution is 7.19. The fourth-order valence-electron chi connectivity index (χ4n) is 5.16. The molecule has 1 aliphatic heterocycles. The van der Waals surface area contributed by atoms with E-state index in [0.717, 1.165) is 52.1 Å². The smallest absolute Gasteiger partial charge is 0.225 e. The van der Waals surface area contributed by atoms with Crippen molar-refractivity contribution in [2.45, 2.75) is 53.0 Å². The first-order chi connectivity index (χ1) is 18.6. The van der Waals surface area contributed by atoms with Gasteiger partial charge in [-0.05, 0) is 53.5 Å². The molecule has 0 saturated carbocycles. The lowest BCUT2D eigenvalue weighted by atomic mass is 9.87. The fourth-order valence-corrected chi connectivity index (χ4v) is 6.43. The van der Waals surface area contributed by atoms with Gasteiger partial charge in [0.25, 0.3) is 0 Å². The largest absolute Gasteiger partial charge is 0.490 e. The van der Waals surface area contributed by atoms with E-state index in [0.29, 0.717) is 31.9 Å². The van der Waals surface area contributed by atoms with Crippen molar-refractivity contribution >= 4 is 51.1 Å². The van der Waals surface area contributed by atoms with Crippen LogP contribution in [0.1, 0.15) is 55.2 Å². The molecule has 206 valence electrons. The van der Waals surface area contributed by atoms with E-state index in [9.17, 15) is 9.59 Å². The first-order valence-electron chi connectivity index (χ1n) is 13.4. The summed E-state index contributed by atoms with van der Waals surface area (Å²) in [5.74, 6) is 1.63. The van der Waals surface area contributed by atoms with Gasteiger partial charge in [0.2, 0.25) is 11.8 Å². The van der Waals surface area contributed by atoms with Crippen molar-refractivity contribution in [3.63, 3.8) is 0 Å². The third-order valence-corrected chi connectivity index (χ3v) is 8.16. The topological polar surface area (TPSA) is 109 Å². The lowest BCUT2D eigenvalue weighted by Gasteiger charge is -2.24. The van der Waals surface area contributed by atoms with E-state index in [1.54, 1.807) is 22.6 Å². The van der Waals surface area contributed by atoms with Gasteiger partial charge >= 0.3 is 0 Å². The molecule has 9 nitrogen and oxygen atoms in total. The van der Waals surface area contributed by atoms with Crippen LogP contribution in [0.15, 0.2) is 23.5 Å². The Labute approximate surface area is 233 Å². The predicted molar refractivity (Wildman–Crippen MR) is 155 cm³/mol. The number of rotatable bonds is 8. The number of aromatic nitrogens is 2. The van der Waals surface area contributed by atoms with E-state index in [1.807, 2.05) is 53.2 Å². The molecule has 0 fully saturated rings. The van der Waals surface area contributed by atoms with Gasteiger partial charge in [-0.2, -0.15) is 0 Å². The van der Waals surface area contributed by atoms with Crippen molar-refractivity contribution in [3.05, 3.63) is 40.0 Å². The van der Waals surface area contributed by atoms with E-state index >= 15 is 0 Å². The highest BCUT2D eigenvalue weighted by atomic mass is 32.1. The summed E-state index contributed by atoms with van der Waals surface area (Å²) in [6.45, 7) is 7.53. The van der Waals surface area contributed by atoms with E-state index in [-0.39, 0.29) is 23.1 Å². The van der Waals surface area contributed by atoms with E-state index < -0.39 is 0 Å². The predicted octanol–water partition coefficient (Wildman–Crippen LogP) is 4.49. The minimum atomic E-state index is -0.0610. The second-order valence-corrected chi connectivity index (χ2v) is 12.7. The Kier molecular flexibility index (Phi) is 7.57. The lowest BCUT2D eigenvalue weighted by molar-refractivity contribution is -0.133. The second kappa shape index (κ2) is 10.9. The Morgan fingerprint density at radius 1 is 1.21 bits per heavy atom. The van der Waals surface area contributed by atoms with Gasteiger partial charge in [-0.15, -0.1) is 11.3 Å². The Hall–Kier alpha value is -3.53. The molecule has 2 N–H and O–H groups in total. The molecule has 3 aromatic rings. The number of benzene rings is 1. The zero-order valence-corrected chi connectivity index (χ0v) is 24.1. The van der Waals surface area contributed by atoms with Crippen LogP contribution < -0.4 is 15.4 Å². The summed E-state index contributed by atoms with van der Waals surface area (Å²) >= 11 is 1.65. The van der Waals surface area contributed by atoms with Crippen LogP contribution in [0.5, 0.6) is 5.75 Å². The first kappa shape index (κ1) is 27.1. The molecule has 39 heavy (non-hydrogen) atoms. The number of aryl methyl sites for hydroxylation is 1. The van der Waals surface area contributed by atoms with Crippen LogP contribution in [0.2, 0.25) is 0 Å². The van der Waals surface area contributed by atoms with Gasteiger partial charge in [-0.1, -0.05) is 20.8 Å². The number of thiophene rings is 1. The summed E-state index contributed by atoms with van der Waals surface area (Å²) < 4.78 is 6.17. The van der Waals surface area contributed by atoms with Crippen molar-refractivity contribution in [3.8, 4) is 5.75 Å². The zero-order chi connectivity index (χ0) is 27.7. The summed E-state index contributed by atoms with van der Waals surface area (Å²) in [4.78, 5) is 42.2. The Morgan fingerprint density at radius 3 is 2.79 bits per heavy atom. The van der Waals surface area contributed by atoms with Gasteiger partial charge in [0, 0.05) is 37.5 Å². The number of fused-ring (bicyclic) bond motifs is 4. The number of anilines is 2. The fraction of sp³-hybridized carbons (Fsp3) is 0.483. The molecule has 1 atom stereocenters. The number of aliphatic imine (C=N–C) groups is 1. The summed E-state index contributed by atoms with van der Waals surface area (Å²) in [5.41, 5.74) is 4.11. The molecule has 1 aliphatic carbocycles. The average Bonchev–Trinajstić information content (AvgIpc) is 3.48. The Balaban J connectivity index is 1.37. The third kappa shape index (κ3) is 6.06. The minimum Gasteiger partial charge on any atom is -0.490 e. The van der Waals surface area contributed by atoms with Gasteiger partial charge in [-0.3, -0.25) is 14.6 Å². The summed E-state index contributed by atoms with van der Waals surface area (Å²) in [6, 6.07) is 4.05. The van der Waals surface area contributed by atoms with E-state index in [2.05, 4.69) is 25.6 Å². The highest BCUT2D eigenvalue weighted by Gasteiger charge is 2.30. The SMILES string of the molecule is CN(C)C(=O)[C@H]1CCc2c(sc3ncnc(Nc4cc5c(cc4OCCNC(=O)CC(C)(C)C)CN=C5)c23)C1. The molecule has 2 aliphatic rings. The molecule has 0 spiro atoms. The van der Waals surface area contributed by atoms with Crippen molar-refractivity contribution < 1.29 is 14.3 Å². The molecule has 1 aromatic carbocycles. The standard InChI is InChI=1S/C29H36N6O3S/c1-29(2,3)13-24(36)31-8-9-38-22-11-19-15-30-14-18(19)10-21(22)34-26-25-20-7-6-17(28(37)35(4)5)12-23(20)39-27(25)33-16-32-26/h10-11,14,16-17H,6-9,12-13,15H2,1-5H3,(H,31,36)(H,32,33,34)/t17-/m0/s1. The van der Waals surface area contributed by atoms with Crippen LogP contribution in [-0.2, 0) is 29.0 Å². The number of carbonyl (C=O) groups is 2. The van der Waals surface area contributed by atoms with Gasteiger partial charge in [0.1, 0.15) is 29.3 Å². The summed E-state index contributed by atoms with van der Waals surface area (Å²) in [7, 11) is 3.63. The Morgan fingerprint density at radius 2 is 2.03 bits per heavy atom. The Bertz CT molecular complexity index is 1440. The number of hydrogen-bond donors (Lipinski definition) is 2. The van der Waals surface area contributed by atoms with E-state index in [1.165, 1.54) is 10.4 Å².